The van der Waals surface area contributed by atoms with Gasteiger partial charge >= 0.3 is 0 Å². The third-order valence-electron chi connectivity index (χ3n) is 3.78. The van der Waals surface area contributed by atoms with Crippen LogP contribution in [0.4, 0.5) is 0 Å². The van der Waals surface area contributed by atoms with Crippen LogP contribution in [0.3, 0.4) is 0 Å². The Labute approximate surface area is 121 Å². The molecule has 0 aliphatic carbocycles. The number of fused-ring (bicyclic) bond motifs is 1. The number of carbonyl (C=O) groups is 2. The van der Waals surface area contributed by atoms with Gasteiger partial charge in [-0.1, -0.05) is 18.2 Å². The summed E-state index contributed by atoms with van der Waals surface area (Å²) in [5, 5.41) is 9.39. The van der Waals surface area contributed by atoms with E-state index in [1.54, 1.807) is 11.8 Å². The molecule has 0 atom stereocenters. The number of hydrogen-bond acceptors (Lipinski definition) is 5. The van der Waals surface area contributed by atoms with E-state index >= 15 is 0 Å². The molecular weight excluding hydrogens is 276 g/mol. The van der Waals surface area contributed by atoms with Gasteiger partial charge in [0.1, 0.15) is 5.82 Å². The molecule has 0 unspecified atom stereocenters. The highest BCUT2D eigenvalue weighted by Gasteiger charge is 2.28. The Hall–Kier alpha value is -1.37. The fourth-order valence-electron chi connectivity index (χ4n) is 2.67. The maximum Gasteiger partial charge on any atom is 0.229 e. The molecule has 1 saturated heterocycles. The van der Waals surface area contributed by atoms with Crippen LogP contribution in [0, 0.1) is 0 Å². The largest absolute Gasteiger partial charge is 0.306 e. The van der Waals surface area contributed by atoms with Crippen LogP contribution in [0.5, 0.6) is 0 Å². The Morgan fingerprint density at radius 3 is 2.60 bits per heavy atom. The normalized spacial score (nSPS) is 19.3. The second kappa shape index (κ2) is 5.95. The third kappa shape index (κ3) is 2.72. The fourth-order valence-corrected chi connectivity index (χ4v) is 3.57. The molecule has 2 aliphatic rings. The second-order valence-corrected chi connectivity index (χ2v) is 6.21. The minimum absolute atomic E-state index is 0.0457. The number of aromatic nitrogens is 3. The molecule has 1 aromatic heterocycles. The van der Waals surface area contributed by atoms with Crippen LogP contribution < -0.4 is 0 Å². The van der Waals surface area contributed by atoms with E-state index in [4.69, 9.17) is 0 Å². The molecule has 0 spiro atoms. The van der Waals surface area contributed by atoms with E-state index in [-0.39, 0.29) is 11.8 Å². The van der Waals surface area contributed by atoms with Crippen LogP contribution >= 0.6 is 11.8 Å². The standard InChI is InChI=1S/C13H18N4O2S/c18-11-5-6-12(19)17(11)8-9-20-13-15-14-10-4-2-1-3-7-16(10)13/h1-9H2. The average Bonchev–Trinajstić information content (AvgIpc) is 2.87. The van der Waals surface area contributed by atoms with E-state index in [0.717, 1.165) is 23.9 Å². The Balaban J connectivity index is 1.58. The molecular formula is C13H18N4O2S. The van der Waals surface area contributed by atoms with Crippen LogP contribution in [0.25, 0.3) is 0 Å². The van der Waals surface area contributed by atoms with E-state index in [1.807, 2.05) is 0 Å². The van der Waals surface area contributed by atoms with Crippen molar-refractivity contribution in [3.63, 3.8) is 0 Å². The molecule has 1 aromatic rings. The summed E-state index contributed by atoms with van der Waals surface area (Å²) in [5.74, 6) is 1.67. The number of carbonyl (C=O) groups excluding carboxylic acids is 2. The molecule has 0 saturated carbocycles. The van der Waals surface area contributed by atoms with Crippen molar-refractivity contribution in [3.05, 3.63) is 5.82 Å². The van der Waals surface area contributed by atoms with Crippen LogP contribution in [0.15, 0.2) is 5.16 Å². The van der Waals surface area contributed by atoms with E-state index < -0.39 is 0 Å². The number of amides is 2. The lowest BCUT2D eigenvalue weighted by Gasteiger charge is -2.13. The zero-order chi connectivity index (χ0) is 13.9. The Morgan fingerprint density at radius 2 is 1.80 bits per heavy atom. The van der Waals surface area contributed by atoms with Crippen molar-refractivity contribution < 1.29 is 9.59 Å². The van der Waals surface area contributed by atoms with Crippen molar-refractivity contribution >= 4 is 23.6 Å². The quantitative estimate of drug-likeness (QED) is 0.617. The smallest absolute Gasteiger partial charge is 0.229 e. The van der Waals surface area contributed by atoms with Crippen LogP contribution in [-0.2, 0) is 22.6 Å². The predicted molar refractivity (Wildman–Crippen MR) is 74.3 cm³/mol. The number of hydrogen-bond donors (Lipinski definition) is 0. The van der Waals surface area contributed by atoms with Gasteiger partial charge in [-0.25, -0.2) is 0 Å². The average molecular weight is 294 g/mol. The second-order valence-electron chi connectivity index (χ2n) is 5.15. The highest BCUT2D eigenvalue weighted by atomic mass is 32.2. The molecule has 20 heavy (non-hydrogen) atoms. The minimum atomic E-state index is -0.0457. The summed E-state index contributed by atoms with van der Waals surface area (Å²) in [7, 11) is 0. The Kier molecular flexibility index (Phi) is 4.05. The molecule has 0 N–H and O–H groups in total. The van der Waals surface area contributed by atoms with Gasteiger partial charge in [-0.3, -0.25) is 14.5 Å². The number of thioether (sulfide) groups is 1. The first-order valence-corrected chi connectivity index (χ1v) is 8.12. The van der Waals surface area contributed by atoms with E-state index in [2.05, 4.69) is 14.8 Å². The highest BCUT2D eigenvalue weighted by molar-refractivity contribution is 7.99. The summed E-state index contributed by atoms with van der Waals surface area (Å²) in [4.78, 5) is 24.4. The molecule has 108 valence electrons. The van der Waals surface area contributed by atoms with Gasteiger partial charge in [0.15, 0.2) is 5.16 Å². The number of likely N-dealkylation sites (tertiary alicyclic amines) is 1. The summed E-state index contributed by atoms with van der Waals surface area (Å²) in [5.41, 5.74) is 0. The Bertz CT molecular complexity index is 512. The van der Waals surface area contributed by atoms with Crippen LogP contribution in [-0.4, -0.2) is 43.8 Å². The first-order chi connectivity index (χ1) is 9.75. The zero-order valence-corrected chi connectivity index (χ0v) is 12.2. The Morgan fingerprint density at radius 1 is 1.00 bits per heavy atom. The van der Waals surface area contributed by atoms with Gasteiger partial charge < -0.3 is 4.57 Å². The molecule has 2 amide bonds. The molecule has 3 rings (SSSR count). The van der Waals surface area contributed by atoms with Gasteiger partial charge in [0, 0.05) is 38.1 Å². The topological polar surface area (TPSA) is 68.1 Å². The van der Waals surface area contributed by atoms with Crippen molar-refractivity contribution in [2.75, 3.05) is 12.3 Å². The predicted octanol–water partition coefficient (Wildman–Crippen LogP) is 1.25. The lowest BCUT2D eigenvalue weighted by Crippen LogP contribution is -2.31. The fraction of sp³-hybridized carbons (Fsp3) is 0.692. The van der Waals surface area contributed by atoms with Crippen molar-refractivity contribution in [2.45, 2.75) is 50.2 Å². The molecule has 6 nitrogen and oxygen atoms in total. The van der Waals surface area contributed by atoms with Gasteiger partial charge in [-0.2, -0.15) is 0 Å². The number of rotatable bonds is 4. The molecule has 2 aliphatic heterocycles. The summed E-state index contributed by atoms with van der Waals surface area (Å²) in [6.07, 6.45) is 5.32. The SMILES string of the molecule is O=C1CCC(=O)N1CCSc1nnc2n1CCCCC2. The van der Waals surface area contributed by atoms with Crippen molar-refractivity contribution in [1.29, 1.82) is 0 Å². The van der Waals surface area contributed by atoms with Gasteiger partial charge in [-0.15, -0.1) is 10.2 Å². The maximum atomic E-state index is 11.5. The summed E-state index contributed by atoms with van der Waals surface area (Å²) in [6, 6.07) is 0. The van der Waals surface area contributed by atoms with Crippen LogP contribution in [0.1, 0.15) is 37.9 Å². The lowest BCUT2D eigenvalue weighted by molar-refractivity contribution is -0.137. The number of imide groups is 1. The molecule has 0 radical (unpaired) electrons. The van der Waals surface area contributed by atoms with E-state index in [1.165, 1.54) is 24.2 Å². The highest BCUT2D eigenvalue weighted by Crippen LogP contribution is 2.22. The van der Waals surface area contributed by atoms with E-state index in [0.29, 0.717) is 25.1 Å². The zero-order valence-electron chi connectivity index (χ0n) is 11.4. The monoisotopic (exact) mass is 294 g/mol. The lowest BCUT2D eigenvalue weighted by atomic mass is 10.2. The molecule has 0 aromatic carbocycles. The number of aryl methyl sites for hydroxylation is 1. The van der Waals surface area contributed by atoms with Crippen molar-refractivity contribution in [2.24, 2.45) is 0 Å². The third-order valence-corrected chi connectivity index (χ3v) is 4.72. The summed E-state index contributed by atoms with van der Waals surface area (Å²) < 4.78 is 2.19. The van der Waals surface area contributed by atoms with Crippen molar-refractivity contribution in [3.8, 4) is 0 Å². The van der Waals surface area contributed by atoms with Crippen molar-refractivity contribution in [1.82, 2.24) is 19.7 Å². The van der Waals surface area contributed by atoms with Gasteiger partial charge in [0.2, 0.25) is 11.8 Å². The van der Waals surface area contributed by atoms with E-state index in [9.17, 15) is 9.59 Å². The summed E-state index contributed by atoms with van der Waals surface area (Å²) >= 11 is 1.59. The first-order valence-electron chi connectivity index (χ1n) is 7.14. The maximum absolute atomic E-state index is 11.5. The minimum Gasteiger partial charge on any atom is -0.306 e. The molecule has 0 bridgehead atoms. The van der Waals surface area contributed by atoms with Gasteiger partial charge in [-0.05, 0) is 12.8 Å². The number of nitrogens with zero attached hydrogens (tertiary/aromatic N) is 4. The van der Waals surface area contributed by atoms with Gasteiger partial charge in [0.05, 0.1) is 0 Å². The first kappa shape index (κ1) is 13.6. The van der Waals surface area contributed by atoms with Crippen LogP contribution in [0.2, 0.25) is 0 Å². The van der Waals surface area contributed by atoms with Gasteiger partial charge in [0.25, 0.3) is 0 Å². The molecule has 1 fully saturated rings. The molecule has 7 heteroatoms. The molecule has 3 heterocycles. The summed E-state index contributed by atoms with van der Waals surface area (Å²) in [6.45, 7) is 1.46.